The minimum Gasteiger partial charge on any atom is -0.461 e. The highest BCUT2D eigenvalue weighted by atomic mass is 28.4. The van der Waals surface area contributed by atoms with Gasteiger partial charge in [-0.15, -0.1) is 0 Å². The second-order valence-electron chi connectivity index (χ2n) is 7.48. The molecular formula is C17H30N2O4Si. The van der Waals surface area contributed by atoms with E-state index in [1.165, 1.54) is 0 Å². The average Bonchev–Trinajstić information content (AvgIpc) is 2.92. The van der Waals surface area contributed by atoms with Crippen molar-refractivity contribution in [2.75, 3.05) is 6.61 Å². The van der Waals surface area contributed by atoms with E-state index in [4.69, 9.17) is 9.16 Å². The SMILES string of the molecule is CCOC(=O)c1cn([C@H](CC=O)[C@H](C)O[Si](C)(C)C(C)(C)C)cn1. The Morgan fingerprint density at radius 2 is 2.04 bits per heavy atom. The number of rotatable bonds is 8. The van der Waals surface area contributed by atoms with Crippen LogP contribution in [0.1, 0.15) is 57.6 Å². The molecule has 0 saturated carbocycles. The molecule has 2 atom stereocenters. The van der Waals surface area contributed by atoms with E-state index in [9.17, 15) is 9.59 Å². The zero-order chi connectivity index (χ0) is 18.5. The Bertz CT molecular complexity index is 563. The molecule has 0 saturated heterocycles. The van der Waals surface area contributed by atoms with Crippen LogP contribution in [0.4, 0.5) is 0 Å². The molecule has 0 amide bonds. The number of aromatic nitrogens is 2. The van der Waals surface area contributed by atoms with Gasteiger partial charge in [-0.25, -0.2) is 9.78 Å². The molecule has 1 heterocycles. The molecule has 0 aliphatic rings. The summed E-state index contributed by atoms with van der Waals surface area (Å²) in [6, 6.07) is -0.202. The molecule has 0 bridgehead atoms. The van der Waals surface area contributed by atoms with Gasteiger partial charge in [0.1, 0.15) is 6.29 Å². The first kappa shape index (κ1) is 20.6. The van der Waals surface area contributed by atoms with Crippen LogP contribution in [0.25, 0.3) is 0 Å². The Balaban J connectivity index is 2.98. The number of carbonyl (C=O) groups is 2. The molecule has 0 radical (unpaired) electrons. The predicted octanol–water partition coefficient (Wildman–Crippen LogP) is 3.60. The second kappa shape index (κ2) is 8.07. The van der Waals surface area contributed by atoms with E-state index in [0.29, 0.717) is 13.0 Å². The normalized spacial score (nSPS) is 15.0. The number of nitrogens with zero attached hydrogens (tertiary/aromatic N) is 2. The van der Waals surface area contributed by atoms with Crippen molar-refractivity contribution in [1.82, 2.24) is 9.55 Å². The quantitative estimate of drug-likeness (QED) is 0.405. The van der Waals surface area contributed by atoms with Crippen LogP contribution in [-0.4, -0.2) is 42.8 Å². The first-order valence-electron chi connectivity index (χ1n) is 8.35. The fourth-order valence-electron chi connectivity index (χ4n) is 2.20. The molecule has 1 rings (SSSR count). The highest BCUT2D eigenvalue weighted by molar-refractivity contribution is 6.74. The van der Waals surface area contributed by atoms with E-state index in [1.807, 2.05) is 6.92 Å². The maximum Gasteiger partial charge on any atom is 0.358 e. The Hall–Kier alpha value is -1.47. The van der Waals surface area contributed by atoms with Gasteiger partial charge >= 0.3 is 5.97 Å². The van der Waals surface area contributed by atoms with Gasteiger partial charge in [0.05, 0.1) is 25.1 Å². The molecule has 136 valence electrons. The smallest absolute Gasteiger partial charge is 0.358 e. The average molecular weight is 355 g/mol. The lowest BCUT2D eigenvalue weighted by molar-refractivity contribution is -0.109. The number of hydrogen-bond donors (Lipinski definition) is 0. The van der Waals surface area contributed by atoms with E-state index in [1.54, 1.807) is 24.0 Å². The molecule has 6 nitrogen and oxygen atoms in total. The number of aldehydes is 1. The standard InChI is InChI=1S/C17H30N2O4Si/c1-8-22-16(21)14-11-19(12-18-14)15(9-10-20)13(2)23-24(6,7)17(3,4)5/h10-13,15H,8-9H2,1-7H3/t13-,15+/m0/s1. The van der Waals surface area contributed by atoms with Crippen LogP contribution in [0.15, 0.2) is 12.5 Å². The van der Waals surface area contributed by atoms with Gasteiger partial charge in [0.25, 0.3) is 0 Å². The molecule has 0 N–H and O–H groups in total. The third-order valence-electron chi connectivity index (χ3n) is 4.64. The van der Waals surface area contributed by atoms with E-state index >= 15 is 0 Å². The molecule has 7 heteroatoms. The summed E-state index contributed by atoms with van der Waals surface area (Å²) in [6.45, 7) is 14.9. The number of carbonyl (C=O) groups excluding carboxylic acids is 2. The van der Waals surface area contributed by atoms with Crippen molar-refractivity contribution in [2.24, 2.45) is 0 Å². The zero-order valence-corrected chi connectivity index (χ0v) is 16.8. The molecule has 0 aliphatic heterocycles. The Morgan fingerprint density at radius 1 is 1.42 bits per heavy atom. The van der Waals surface area contributed by atoms with Crippen molar-refractivity contribution >= 4 is 20.6 Å². The fourth-order valence-corrected chi connectivity index (χ4v) is 3.64. The summed E-state index contributed by atoms with van der Waals surface area (Å²) >= 11 is 0. The highest BCUT2D eigenvalue weighted by Crippen LogP contribution is 2.38. The third-order valence-corrected chi connectivity index (χ3v) is 9.21. The third kappa shape index (κ3) is 5.01. The summed E-state index contributed by atoms with van der Waals surface area (Å²) in [5, 5.41) is 0.0814. The van der Waals surface area contributed by atoms with Crippen LogP contribution >= 0.6 is 0 Å². The minimum atomic E-state index is -1.96. The van der Waals surface area contributed by atoms with Gasteiger partial charge in [0.2, 0.25) is 0 Å². The Kier molecular flexibility index (Phi) is 6.92. The number of imidazole rings is 1. The van der Waals surface area contributed by atoms with Gasteiger partial charge in [-0.05, 0) is 32.0 Å². The van der Waals surface area contributed by atoms with Crippen LogP contribution in [-0.2, 0) is 14.0 Å². The lowest BCUT2D eigenvalue weighted by atomic mass is 10.1. The summed E-state index contributed by atoms with van der Waals surface area (Å²) in [4.78, 5) is 27.0. The van der Waals surface area contributed by atoms with Crippen molar-refractivity contribution in [3.8, 4) is 0 Å². The maximum absolute atomic E-state index is 11.8. The number of ether oxygens (including phenoxy) is 1. The fraction of sp³-hybridized carbons (Fsp3) is 0.706. The monoisotopic (exact) mass is 354 g/mol. The summed E-state index contributed by atoms with van der Waals surface area (Å²) in [7, 11) is -1.96. The summed E-state index contributed by atoms with van der Waals surface area (Å²) in [5.74, 6) is -0.459. The van der Waals surface area contributed by atoms with Crippen molar-refractivity contribution < 1.29 is 18.8 Å². The van der Waals surface area contributed by atoms with Gasteiger partial charge < -0.3 is 18.5 Å². The van der Waals surface area contributed by atoms with Crippen molar-refractivity contribution in [1.29, 1.82) is 0 Å². The summed E-state index contributed by atoms with van der Waals surface area (Å²) < 4.78 is 13.1. The van der Waals surface area contributed by atoms with Gasteiger partial charge in [0, 0.05) is 12.6 Å². The molecule has 24 heavy (non-hydrogen) atoms. The van der Waals surface area contributed by atoms with Gasteiger partial charge in [-0.3, -0.25) is 0 Å². The topological polar surface area (TPSA) is 70.4 Å². The van der Waals surface area contributed by atoms with E-state index in [2.05, 4.69) is 38.8 Å². The zero-order valence-electron chi connectivity index (χ0n) is 15.8. The molecule has 0 fully saturated rings. The van der Waals surface area contributed by atoms with E-state index in [-0.39, 0.29) is 22.9 Å². The summed E-state index contributed by atoms with van der Waals surface area (Å²) in [5.41, 5.74) is 0.243. The largest absolute Gasteiger partial charge is 0.461 e. The minimum absolute atomic E-state index is 0.0814. The first-order chi connectivity index (χ1) is 11.0. The van der Waals surface area contributed by atoms with Gasteiger partial charge in [0.15, 0.2) is 14.0 Å². The molecular weight excluding hydrogens is 324 g/mol. The van der Waals surface area contributed by atoms with Crippen LogP contribution in [0.2, 0.25) is 18.1 Å². The molecule has 1 aromatic rings. The van der Waals surface area contributed by atoms with Crippen LogP contribution in [0, 0.1) is 0 Å². The van der Waals surface area contributed by atoms with Gasteiger partial charge in [-0.2, -0.15) is 0 Å². The Morgan fingerprint density at radius 3 is 2.54 bits per heavy atom. The lowest BCUT2D eigenvalue weighted by Gasteiger charge is -2.40. The van der Waals surface area contributed by atoms with Crippen molar-refractivity contribution in [3.05, 3.63) is 18.2 Å². The molecule has 0 aromatic carbocycles. The first-order valence-corrected chi connectivity index (χ1v) is 11.3. The Labute approximate surface area is 145 Å². The van der Waals surface area contributed by atoms with E-state index < -0.39 is 14.3 Å². The lowest BCUT2D eigenvalue weighted by Crippen LogP contribution is -2.45. The maximum atomic E-state index is 11.8. The molecule has 0 spiro atoms. The number of esters is 1. The summed E-state index contributed by atoms with van der Waals surface area (Å²) in [6.07, 6.45) is 4.19. The van der Waals surface area contributed by atoms with Crippen LogP contribution in [0.5, 0.6) is 0 Å². The van der Waals surface area contributed by atoms with Crippen molar-refractivity contribution in [2.45, 2.75) is 71.3 Å². The highest BCUT2D eigenvalue weighted by Gasteiger charge is 2.40. The number of hydrogen-bond acceptors (Lipinski definition) is 5. The molecule has 1 aromatic heterocycles. The van der Waals surface area contributed by atoms with Crippen LogP contribution in [0.3, 0.4) is 0 Å². The predicted molar refractivity (Wildman–Crippen MR) is 95.6 cm³/mol. The second-order valence-corrected chi connectivity index (χ2v) is 12.2. The van der Waals surface area contributed by atoms with E-state index in [0.717, 1.165) is 6.29 Å². The van der Waals surface area contributed by atoms with Gasteiger partial charge in [-0.1, -0.05) is 20.8 Å². The molecule has 0 unspecified atom stereocenters. The van der Waals surface area contributed by atoms with Crippen molar-refractivity contribution in [3.63, 3.8) is 0 Å². The van der Waals surface area contributed by atoms with Crippen LogP contribution < -0.4 is 0 Å². The molecule has 0 aliphatic carbocycles.